The number of ether oxygens (including phenoxy) is 1. The summed E-state index contributed by atoms with van der Waals surface area (Å²) in [5, 5.41) is 3.58. The van der Waals surface area contributed by atoms with Gasteiger partial charge in [0, 0.05) is 12.6 Å². The molecule has 0 saturated heterocycles. The van der Waals surface area contributed by atoms with Gasteiger partial charge in [-0.2, -0.15) is 0 Å². The Hall–Kier alpha value is -2.69. The molecule has 0 heterocycles. The molecule has 0 bridgehead atoms. The third kappa shape index (κ3) is 5.91. The third-order valence-electron chi connectivity index (χ3n) is 4.58. The van der Waals surface area contributed by atoms with Gasteiger partial charge in [-0.15, -0.1) is 0 Å². The minimum atomic E-state index is -0.246. The Kier molecular flexibility index (Phi) is 7.61. The van der Waals surface area contributed by atoms with E-state index in [2.05, 4.69) is 5.32 Å². The van der Waals surface area contributed by atoms with E-state index in [1.165, 1.54) is 0 Å². The Morgan fingerprint density at radius 2 is 1.67 bits per heavy atom. The van der Waals surface area contributed by atoms with Gasteiger partial charge in [0.05, 0.1) is 15.7 Å². The summed E-state index contributed by atoms with van der Waals surface area (Å²) < 4.78 is 5.91. The number of benzene rings is 3. The Morgan fingerprint density at radius 3 is 2.40 bits per heavy atom. The van der Waals surface area contributed by atoms with E-state index in [0.717, 1.165) is 16.9 Å². The lowest BCUT2D eigenvalue weighted by Gasteiger charge is -2.27. The molecule has 30 heavy (non-hydrogen) atoms. The van der Waals surface area contributed by atoms with Crippen molar-refractivity contribution in [2.45, 2.75) is 33.0 Å². The Bertz CT molecular complexity index is 994. The Morgan fingerprint density at radius 1 is 0.967 bits per heavy atom. The van der Waals surface area contributed by atoms with Crippen LogP contribution in [0.3, 0.4) is 0 Å². The van der Waals surface area contributed by atoms with Crippen molar-refractivity contribution in [3.05, 3.63) is 94.0 Å². The van der Waals surface area contributed by atoms with E-state index in [1.54, 1.807) is 23.1 Å². The van der Waals surface area contributed by atoms with Gasteiger partial charge in [0.2, 0.25) is 0 Å². The van der Waals surface area contributed by atoms with Crippen molar-refractivity contribution in [2.24, 2.45) is 0 Å². The van der Waals surface area contributed by atoms with Crippen LogP contribution in [0.15, 0.2) is 72.8 Å². The van der Waals surface area contributed by atoms with Crippen molar-refractivity contribution in [3.63, 3.8) is 0 Å². The van der Waals surface area contributed by atoms with E-state index in [0.29, 0.717) is 28.9 Å². The number of anilines is 1. The molecule has 0 aliphatic carbocycles. The lowest BCUT2D eigenvalue weighted by molar-refractivity contribution is 0.193. The summed E-state index contributed by atoms with van der Waals surface area (Å²) in [4.78, 5) is 14.6. The van der Waals surface area contributed by atoms with Crippen molar-refractivity contribution in [2.75, 3.05) is 5.32 Å². The number of hydrogen-bond acceptors (Lipinski definition) is 2. The van der Waals surface area contributed by atoms with E-state index < -0.39 is 0 Å². The van der Waals surface area contributed by atoms with Crippen LogP contribution in [0.1, 0.15) is 25.0 Å². The van der Waals surface area contributed by atoms with Gasteiger partial charge in [0.1, 0.15) is 12.4 Å². The minimum Gasteiger partial charge on any atom is -0.489 e. The van der Waals surface area contributed by atoms with E-state index in [-0.39, 0.29) is 12.1 Å². The SMILES string of the molecule is CC(C)N(Cc1cccc(OCc2ccccc2)c1)C(=O)Nc1cccc(Cl)c1Cl. The van der Waals surface area contributed by atoms with Gasteiger partial charge in [-0.3, -0.25) is 0 Å². The van der Waals surface area contributed by atoms with Crippen LogP contribution < -0.4 is 10.1 Å². The van der Waals surface area contributed by atoms with Crippen molar-refractivity contribution < 1.29 is 9.53 Å². The highest BCUT2D eigenvalue weighted by atomic mass is 35.5. The highest BCUT2D eigenvalue weighted by Gasteiger charge is 2.19. The monoisotopic (exact) mass is 442 g/mol. The number of nitrogens with zero attached hydrogens (tertiary/aromatic N) is 1. The molecule has 3 rings (SSSR count). The largest absolute Gasteiger partial charge is 0.489 e. The van der Waals surface area contributed by atoms with Gasteiger partial charge in [-0.1, -0.05) is 71.7 Å². The van der Waals surface area contributed by atoms with Crippen LogP contribution in [0.25, 0.3) is 0 Å². The molecule has 4 nitrogen and oxygen atoms in total. The molecule has 0 atom stereocenters. The van der Waals surface area contributed by atoms with Crippen LogP contribution in [0.4, 0.5) is 10.5 Å². The molecule has 3 aromatic carbocycles. The molecule has 0 spiro atoms. The minimum absolute atomic E-state index is 0.0168. The maximum Gasteiger partial charge on any atom is 0.322 e. The van der Waals surface area contributed by atoms with Crippen molar-refractivity contribution >= 4 is 34.9 Å². The molecule has 0 unspecified atom stereocenters. The van der Waals surface area contributed by atoms with Gasteiger partial charge in [0.15, 0.2) is 0 Å². The molecule has 6 heteroatoms. The molecular formula is C24H24Cl2N2O2. The van der Waals surface area contributed by atoms with E-state index in [9.17, 15) is 4.79 Å². The van der Waals surface area contributed by atoms with Gasteiger partial charge in [-0.05, 0) is 49.2 Å². The Labute approximate surface area is 187 Å². The number of amides is 2. The average Bonchev–Trinajstić information content (AvgIpc) is 2.74. The van der Waals surface area contributed by atoms with Gasteiger partial charge in [-0.25, -0.2) is 4.79 Å². The molecule has 3 aromatic rings. The first-order chi connectivity index (χ1) is 14.4. The summed E-state index contributed by atoms with van der Waals surface area (Å²) in [6.07, 6.45) is 0. The fraction of sp³-hybridized carbons (Fsp3) is 0.208. The van der Waals surface area contributed by atoms with Gasteiger partial charge in [0.25, 0.3) is 0 Å². The number of nitrogens with one attached hydrogen (secondary N) is 1. The van der Waals surface area contributed by atoms with Crippen molar-refractivity contribution in [1.29, 1.82) is 0 Å². The van der Waals surface area contributed by atoms with Crippen LogP contribution in [-0.4, -0.2) is 17.0 Å². The number of halogens is 2. The van der Waals surface area contributed by atoms with Crippen LogP contribution in [0, 0.1) is 0 Å². The highest BCUT2D eigenvalue weighted by Crippen LogP contribution is 2.30. The molecule has 0 saturated carbocycles. The standard InChI is InChI=1S/C24H24Cl2N2O2/c1-17(2)28(24(29)27-22-13-7-12-21(25)23(22)26)15-19-10-6-11-20(14-19)30-16-18-8-4-3-5-9-18/h3-14,17H,15-16H2,1-2H3,(H,27,29). The third-order valence-corrected chi connectivity index (χ3v) is 5.40. The summed E-state index contributed by atoms with van der Waals surface area (Å²) in [5.41, 5.74) is 2.56. The van der Waals surface area contributed by atoms with Gasteiger partial charge < -0.3 is 15.0 Å². The molecule has 0 radical (unpaired) electrons. The van der Waals surface area contributed by atoms with Crippen LogP contribution in [0.2, 0.25) is 10.0 Å². The predicted octanol–water partition coefficient (Wildman–Crippen LogP) is 7.01. The molecule has 0 fully saturated rings. The fourth-order valence-electron chi connectivity index (χ4n) is 2.95. The topological polar surface area (TPSA) is 41.6 Å². The van der Waals surface area contributed by atoms with Crippen LogP contribution in [0.5, 0.6) is 5.75 Å². The second-order valence-electron chi connectivity index (χ2n) is 7.17. The summed E-state index contributed by atoms with van der Waals surface area (Å²) in [7, 11) is 0. The smallest absolute Gasteiger partial charge is 0.322 e. The summed E-state index contributed by atoms with van der Waals surface area (Å²) >= 11 is 12.3. The highest BCUT2D eigenvalue weighted by molar-refractivity contribution is 6.43. The summed E-state index contributed by atoms with van der Waals surface area (Å²) in [6, 6.07) is 22.7. The lowest BCUT2D eigenvalue weighted by Crippen LogP contribution is -2.39. The zero-order chi connectivity index (χ0) is 21.5. The number of hydrogen-bond donors (Lipinski definition) is 1. The number of urea groups is 1. The summed E-state index contributed by atoms with van der Waals surface area (Å²) in [6.45, 7) is 4.86. The first-order valence-corrected chi connectivity index (χ1v) is 10.5. The molecule has 2 amide bonds. The zero-order valence-corrected chi connectivity index (χ0v) is 18.5. The maximum absolute atomic E-state index is 12.9. The number of rotatable bonds is 7. The second kappa shape index (κ2) is 10.4. The lowest BCUT2D eigenvalue weighted by atomic mass is 10.2. The van der Waals surface area contributed by atoms with Crippen LogP contribution in [-0.2, 0) is 13.2 Å². The normalized spacial score (nSPS) is 10.7. The molecule has 0 aliphatic rings. The maximum atomic E-state index is 12.9. The Balaban J connectivity index is 1.68. The molecule has 1 N–H and O–H groups in total. The number of carbonyl (C=O) groups excluding carboxylic acids is 1. The first kappa shape index (κ1) is 22.0. The molecular weight excluding hydrogens is 419 g/mol. The summed E-state index contributed by atoms with van der Waals surface area (Å²) in [5.74, 6) is 0.762. The van der Waals surface area contributed by atoms with E-state index in [1.807, 2.05) is 68.4 Å². The molecule has 0 aromatic heterocycles. The zero-order valence-electron chi connectivity index (χ0n) is 16.9. The second-order valence-corrected chi connectivity index (χ2v) is 7.96. The quantitative estimate of drug-likeness (QED) is 0.427. The van der Waals surface area contributed by atoms with Crippen LogP contribution >= 0.6 is 23.2 Å². The van der Waals surface area contributed by atoms with E-state index >= 15 is 0 Å². The fourth-order valence-corrected chi connectivity index (χ4v) is 3.30. The van der Waals surface area contributed by atoms with E-state index in [4.69, 9.17) is 27.9 Å². The molecule has 156 valence electrons. The average molecular weight is 443 g/mol. The number of carbonyl (C=O) groups is 1. The first-order valence-electron chi connectivity index (χ1n) is 9.71. The van der Waals surface area contributed by atoms with Gasteiger partial charge >= 0.3 is 6.03 Å². The van der Waals surface area contributed by atoms with Crippen molar-refractivity contribution in [3.8, 4) is 5.75 Å². The van der Waals surface area contributed by atoms with Crippen molar-refractivity contribution in [1.82, 2.24) is 4.90 Å². The molecule has 0 aliphatic heterocycles. The predicted molar refractivity (Wildman–Crippen MR) is 123 cm³/mol.